The fourth-order valence-electron chi connectivity index (χ4n) is 3.49. The van der Waals surface area contributed by atoms with Crippen LogP contribution >= 0.6 is 0 Å². The van der Waals surface area contributed by atoms with Gasteiger partial charge in [0.05, 0.1) is 6.61 Å². The second-order valence-electron chi connectivity index (χ2n) is 5.75. The predicted octanol–water partition coefficient (Wildman–Crippen LogP) is 2.22. The van der Waals surface area contributed by atoms with Gasteiger partial charge in [-0.2, -0.15) is 0 Å². The van der Waals surface area contributed by atoms with Gasteiger partial charge in [-0.1, -0.05) is 19.1 Å². The smallest absolute Gasteiger partial charge is 0.122 e. The van der Waals surface area contributed by atoms with Gasteiger partial charge in [0.2, 0.25) is 0 Å². The molecule has 2 atom stereocenters. The van der Waals surface area contributed by atoms with E-state index in [1.165, 1.54) is 24.1 Å². The van der Waals surface area contributed by atoms with Gasteiger partial charge in [-0.3, -0.25) is 4.90 Å². The lowest BCUT2D eigenvalue weighted by Gasteiger charge is -2.26. The first-order chi connectivity index (χ1) is 9.29. The molecule has 1 N–H and O–H groups in total. The van der Waals surface area contributed by atoms with Crippen LogP contribution in [0.1, 0.15) is 30.5 Å². The molecule has 1 fully saturated rings. The van der Waals surface area contributed by atoms with Crippen molar-refractivity contribution in [1.29, 1.82) is 0 Å². The summed E-state index contributed by atoms with van der Waals surface area (Å²) in [4.78, 5) is 2.50. The Kier molecular flexibility index (Phi) is 3.76. The van der Waals surface area contributed by atoms with Crippen LogP contribution in [0.15, 0.2) is 18.2 Å². The first kappa shape index (κ1) is 12.9. The van der Waals surface area contributed by atoms with Crippen molar-refractivity contribution in [2.75, 3.05) is 33.3 Å². The summed E-state index contributed by atoms with van der Waals surface area (Å²) in [5, 5.41) is 3.51. The normalized spacial score (nSPS) is 26.4. The van der Waals surface area contributed by atoms with Crippen molar-refractivity contribution in [3.63, 3.8) is 0 Å². The van der Waals surface area contributed by atoms with Crippen molar-refractivity contribution in [2.24, 2.45) is 5.92 Å². The van der Waals surface area contributed by atoms with Crippen molar-refractivity contribution in [1.82, 2.24) is 10.2 Å². The van der Waals surface area contributed by atoms with E-state index in [4.69, 9.17) is 4.74 Å². The summed E-state index contributed by atoms with van der Waals surface area (Å²) in [7, 11) is 2.25. The van der Waals surface area contributed by atoms with E-state index in [2.05, 4.69) is 42.4 Å². The van der Waals surface area contributed by atoms with Crippen LogP contribution < -0.4 is 10.1 Å². The molecular weight excluding hydrogens is 236 g/mol. The zero-order chi connectivity index (χ0) is 13.2. The summed E-state index contributed by atoms with van der Waals surface area (Å²) in [5.74, 6) is 1.82. The largest absolute Gasteiger partial charge is 0.493 e. The van der Waals surface area contributed by atoms with Crippen LogP contribution in [-0.4, -0.2) is 38.2 Å². The first-order valence-electron chi connectivity index (χ1n) is 7.46. The Hall–Kier alpha value is -1.06. The van der Waals surface area contributed by atoms with Crippen molar-refractivity contribution in [3.8, 4) is 5.75 Å². The second kappa shape index (κ2) is 5.51. The van der Waals surface area contributed by atoms with Crippen LogP contribution in [0.25, 0.3) is 0 Å². The molecule has 2 heterocycles. The first-order valence-corrected chi connectivity index (χ1v) is 7.46. The second-order valence-corrected chi connectivity index (χ2v) is 5.75. The predicted molar refractivity (Wildman–Crippen MR) is 77.7 cm³/mol. The highest BCUT2D eigenvalue weighted by molar-refractivity contribution is 5.41. The van der Waals surface area contributed by atoms with E-state index in [9.17, 15) is 0 Å². The molecule has 3 nitrogen and oxygen atoms in total. The molecule has 0 amide bonds. The summed E-state index contributed by atoms with van der Waals surface area (Å²) >= 11 is 0. The quantitative estimate of drug-likeness (QED) is 0.898. The van der Waals surface area contributed by atoms with E-state index in [1.54, 1.807) is 0 Å². The van der Waals surface area contributed by atoms with Gasteiger partial charge in [-0.25, -0.2) is 0 Å². The molecule has 0 spiro atoms. The molecular formula is C16H24N2O. The lowest BCUT2D eigenvalue weighted by molar-refractivity contribution is 0.272. The Morgan fingerprint density at radius 3 is 3.16 bits per heavy atom. The van der Waals surface area contributed by atoms with Crippen LogP contribution in [0.2, 0.25) is 0 Å². The lowest BCUT2D eigenvalue weighted by atomic mass is 9.92. The highest BCUT2D eigenvalue weighted by atomic mass is 16.5. The number of rotatable bonds is 4. The van der Waals surface area contributed by atoms with Gasteiger partial charge < -0.3 is 10.1 Å². The van der Waals surface area contributed by atoms with Gasteiger partial charge in [-0.05, 0) is 56.2 Å². The molecule has 1 aromatic carbocycles. The summed E-state index contributed by atoms with van der Waals surface area (Å²) in [6, 6.07) is 7.35. The van der Waals surface area contributed by atoms with E-state index in [1.807, 2.05) is 0 Å². The number of likely N-dealkylation sites (tertiary alicyclic amines) is 1. The maximum absolute atomic E-state index is 5.61. The summed E-state index contributed by atoms with van der Waals surface area (Å²) < 4.78 is 5.61. The molecule has 0 saturated carbocycles. The number of ether oxygens (including phenoxy) is 1. The molecule has 1 aromatic rings. The van der Waals surface area contributed by atoms with Crippen LogP contribution in [0.5, 0.6) is 5.75 Å². The topological polar surface area (TPSA) is 24.5 Å². The molecule has 3 rings (SSSR count). The molecule has 104 valence electrons. The highest BCUT2D eigenvalue weighted by Gasteiger charge is 2.33. The number of benzene rings is 1. The van der Waals surface area contributed by atoms with Crippen LogP contribution in [-0.2, 0) is 6.42 Å². The molecule has 2 aliphatic heterocycles. The number of hydrogen-bond donors (Lipinski definition) is 1. The lowest BCUT2D eigenvalue weighted by Crippen LogP contribution is -2.28. The molecule has 0 bridgehead atoms. The molecule has 0 aliphatic carbocycles. The maximum atomic E-state index is 5.61. The fraction of sp³-hybridized carbons (Fsp3) is 0.625. The van der Waals surface area contributed by atoms with E-state index >= 15 is 0 Å². The molecule has 0 aromatic heterocycles. The van der Waals surface area contributed by atoms with Gasteiger partial charge in [0.1, 0.15) is 5.75 Å². The minimum atomic E-state index is 0.560. The van der Waals surface area contributed by atoms with E-state index in [0.717, 1.165) is 37.8 Å². The van der Waals surface area contributed by atoms with Gasteiger partial charge in [0.15, 0.2) is 0 Å². The zero-order valence-corrected chi connectivity index (χ0v) is 12.0. The Morgan fingerprint density at radius 1 is 1.42 bits per heavy atom. The third kappa shape index (κ3) is 2.49. The highest BCUT2D eigenvalue weighted by Crippen LogP contribution is 2.38. The summed E-state index contributed by atoms with van der Waals surface area (Å²) in [6.07, 6.45) is 2.36. The van der Waals surface area contributed by atoms with Crippen molar-refractivity contribution in [3.05, 3.63) is 29.3 Å². The molecule has 2 unspecified atom stereocenters. The van der Waals surface area contributed by atoms with Gasteiger partial charge in [0.25, 0.3) is 0 Å². The number of fused-ring (bicyclic) bond motifs is 1. The molecule has 2 aliphatic rings. The van der Waals surface area contributed by atoms with Crippen molar-refractivity contribution < 1.29 is 4.74 Å². The average Bonchev–Trinajstić information content (AvgIpc) is 3.01. The number of nitrogens with one attached hydrogen (secondary N) is 1. The van der Waals surface area contributed by atoms with Crippen LogP contribution in [0.3, 0.4) is 0 Å². The van der Waals surface area contributed by atoms with E-state index < -0.39 is 0 Å². The summed E-state index contributed by atoms with van der Waals surface area (Å²) in [6.45, 7) is 6.42. The van der Waals surface area contributed by atoms with Gasteiger partial charge in [0, 0.05) is 12.5 Å². The number of nitrogens with zero attached hydrogens (tertiary/aromatic N) is 1. The zero-order valence-electron chi connectivity index (χ0n) is 12.0. The van der Waals surface area contributed by atoms with E-state index in [0.29, 0.717) is 6.04 Å². The Bertz CT molecular complexity index is 446. The maximum Gasteiger partial charge on any atom is 0.122 e. The fourth-order valence-corrected chi connectivity index (χ4v) is 3.49. The number of hydrogen-bond acceptors (Lipinski definition) is 3. The van der Waals surface area contributed by atoms with Crippen LogP contribution in [0, 0.1) is 5.92 Å². The average molecular weight is 260 g/mol. The Labute approximate surface area is 115 Å². The van der Waals surface area contributed by atoms with Crippen LogP contribution in [0.4, 0.5) is 0 Å². The van der Waals surface area contributed by atoms with Gasteiger partial charge in [-0.15, -0.1) is 0 Å². The standard InChI is InChI=1S/C16H24N2O/c1-3-17-11-14-6-8-18(2)16(14)13-4-5-15-12(10-13)7-9-19-15/h4-5,10,14,16-17H,3,6-9,11H2,1-2H3. The minimum Gasteiger partial charge on any atom is -0.493 e. The molecule has 0 radical (unpaired) electrons. The van der Waals surface area contributed by atoms with E-state index in [-0.39, 0.29) is 0 Å². The Balaban J connectivity index is 1.82. The molecule has 1 saturated heterocycles. The molecule has 3 heteroatoms. The molecule has 19 heavy (non-hydrogen) atoms. The third-order valence-corrected chi connectivity index (χ3v) is 4.49. The summed E-state index contributed by atoms with van der Waals surface area (Å²) in [5.41, 5.74) is 2.85. The monoisotopic (exact) mass is 260 g/mol. The van der Waals surface area contributed by atoms with Gasteiger partial charge >= 0.3 is 0 Å². The third-order valence-electron chi connectivity index (χ3n) is 4.49. The minimum absolute atomic E-state index is 0.560. The van der Waals surface area contributed by atoms with Crippen molar-refractivity contribution >= 4 is 0 Å². The van der Waals surface area contributed by atoms with Crippen molar-refractivity contribution in [2.45, 2.75) is 25.8 Å². The SMILES string of the molecule is CCNCC1CCN(C)C1c1ccc2c(c1)CCO2. The Morgan fingerprint density at radius 2 is 2.32 bits per heavy atom.